The summed E-state index contributed by atoms with van der Waals surface area (Å²) in [6.45, 7) is 9.55. The third kappa shape index (κ3) is 17.6. The van der Waals surface area contributed by atoms with Crippen molar-refractivity contribution in [3.63, 3.8) is 0 Å². The van der Waals surface area contributed by atoms with E-state index in [2.05, 4.69) is 36.9 Å². The molecule has 1 aliphatic heterocycles. The minimum atomic E-state index is -1.55. The van der Waals surface area contributed by atoms with Crippen LogP contribution in [0.2, 0.25) is 0 Å². The van der Waals surface area contributed by atoms with Gasteiger partial charge in [-0.3, -0.25) is 43.3 Å². The SMILES string of the molecule is CC(C)C[C@H](NC(=O)[C@H](C)NC(=O)[C@H](CCCN=C(N)N)NC(=O)[C@@H]1CCCN1C(=O)[C@H](CCCCN)NC(=O)[C@H](C)N)C(=O)N[C@H](C(=O)N[C@@H](C)C(=O)O)[C@@H](C)O. The van der Waals surface area contributed by atoms with Crippen molar-refractivity contribution < 1.29 is 48.6 Å². The number of hydrogen-bond acceptors (Lipinski definition) is 12. The predicted octanol–water partition coefficient (Wildman–Crippen LogP) is -4.03. The second-order valence-corrected chi connectivity index (χ2v) is 15.1. The van der Waals surface area contributed by atoms with Gasteiger partial charge in [0.05, 0.1) is 12.1 Å². The molecule has 1 rings (SSSR count). The lowest BCUT2D eigenvalue weighted by Crippen LogP contribution is -2.60. The first kappa shape index (κ1) is 50.9. The van der Waals surface area contributed by atoms with Gasteiger partial charge in [-0.15, -0.1) is 0 Å². The highest BCUT2D eigenvalue weighted by Gasteiger charge is 2.39. The molecule has 0 unspecified atom stereocenters. The molecule has 7 amide bonds. The van der Waals surface area contributed by atoms with Crippen LogP contribution in [0.4, 0.5) is 0 Å². The molecule has 22 nitrogen and oxygen atoms in total. The summed E-state index contributed by atoms with van der Waals surface area (Å²) in [5.41, 5.74) is 22.2. The Labute approximate surface area is 339 Å². The number of carboxylic acids is 1. The lowest BCUT2D eigenvalue weighted by molar-refractivity contribution is -0.142. The van der Waals surface area contributed by atoms with Crippen LogP contribution in [0.3, 0.4) is 0 Å². The standard InChI is InChI=1S/C36H66N12O10/c1-18(2)17-25(31(53)47-27(22(6)49)33(55)43-21(5)35(57)58)46-29(51)20(4)42-30(52)23(12-9-15-41-36(39)40)44-32(54)26-13-10-16-48(26)34(56)24(11-7-8-14-37)45-28(50)19(3)38/h18-27,49H,7-17,37-38H2,1-6H3,(H,42,52)(H,43,55)(H,44,54)(H,45,50)(H,46,51)(H,47,53)(H,57,58)(H4,39,40,41)/t19-,20-,21-,22+,23-,24-,25-,26-,27-/m0/s1. The summed E-state index contributed by atoms with van der Waals surface area (Å²) in [7, 11) is 0. The van der Waals surface area contributed by atoms with E-state index in [1.165, 1.54) is 32.6 Å². The molecule has 0 bridgehead atoms. The molecule has 1 saturated heterocycles. The van der Waals surface area contributed by atoms with E-state index in [-0.39, 0.29) is 57.1 Å². The van der Waals surface area contributed by atoms with Crippen molar-refractivity contribution in [2.24, 2.45) is 33.8 Å². The van der Waals surface area contributed by atoms with E-state index < -0.39 is 102 Å². The molecule has 0 aromatic rings. The summed E-state index contributed by atoms with van der Waals surface area (Å²) < 4.78 is 0. The summed E-state index contributed by atoms with van der Waals surface area (Å²) in [5, 5.41) is 34.4. The van der Waals surface area contributed by atoms with E-state index >= 15 is 0 Å². The van der Waals surface area contributed by atoms with Crippen LogP contribution >= 0.6 is 0 Å². The van der Waals surface area contributed by atoms with Gasteiger partial charge in [0, 0.05) is 13.1 Å². The number of rotatable bonds is 25. The summed E-state index contributed by atoms with van der Waals surface area (Å²) in [4.78, 5) is 110. The molecule has 0 aromatic carbocycles. The van der Waals surface area contributed by atoms with Crippen LogP contribution in [0.15, 0.2) is 4.99 Å². The van der Waals surface area contributed by atoms with Gasteiger partial charge in [-0.2, -0.15) is 0 Å². The summed E-state index contributed by atoms with van der Waals surface area (Å²) in [5.74, 6) is -6.65. The molecule has 0 radical (unpaired) electrons. The molecule has 330 valence electrons. The molecule has 22 heteroatoms. The Bertz CT molecular complexity index is 1460. The Morgan fingerprint density at radius 2 is 1.31 bits per heavy atom. The number of nitrogens with two attached hydrogens (primary N) is 4. The number of carbonyl (C=O) groups excluding carboxylic acids is 7. The molecular weight excluding hydrogens is 760 g/mol. The van der Waals surface area contributed by atoms with Gasteiger partial charge in [-0.25, -0.2) is 0 Å². The van der Waals surface area contributed by atoms with Crippen LogP contribution in [0.25, 0.3) is 0 Å². The van der Waals surface area contributed by atoms with Crippen LogP contribution in [0.5, 0.6) is 0 Å². The average molecular weight is 827 g/mol. The molecule has 0 saturated carbocycles. The zero-order chi connectivity index (χ0) is 44.3. The van der Waals surface area contributed by atoms with Crippen LogP contribution < -0.4 is 54.8 Å². The van der Waals surface area contributed by atoms with Gasteiger partial charge >= 0.3 is 5.97 Å². The number of hydrogen-bond donors (Lipinski definition) is 12. The number of aliphatic hydroxyl groups excluding tert-OH is 1. The maximum Gasteiger partial charge on any atom is 0.325 e. The summed E-state index contributed by atoms with van der Waals surface area (Å²) >= 11 is 0. The molecule has 58 heavy (non-hydrogen) atoms. The fraction of sp³-hybridized carbons (Fsp3) is 0.750. The monoisotopic (exact) mass is 827 g/mol. The zero-order valence-electron chi connectivity index (χ0n) is 34.4. The van der Waals surface area contributed by atoms with E-state index in [0.29, 0.717) is 25.8 Å². The minimum absolute atomic E-state index is 0.0250. The van der Waals surface area contributed by atoms with Crippen molar-refractivity contribution in [2.75, 3.05) is 19.6 Å². The Balaban J connectivity index is 3.20. The average Bonchev–Trinajstić information content (AvgIpc) is 3.63. The van der Waals surface area contributed by atoms with Crippen molar-refractivity contribution in [2.45, 2.75) is 147 Å². The normalized spacial score (nSPS) is 17.9. The van der Waals surface area contributed by atoms with Crippen LogP contribution in [-0.2, 0) is 38.4 Å². The van der Waals surface area contributed by atoms with Gasteiger partial charge in [0.15, 0.2) is 5.96 Å². The highest BCUT2D eigenvalue weighted by molar-refractivity contribution is 5.97. The van der Waals surface area contributed by atoms with Crippen LogP contribution in [0, 0.1) is 5.92 Å². The number of likely N-dealkylation sites (tertiary alicyclic amines) is 1. The first-order valence-corrected chi connectivity index (χ1v) is 19.7. The van der Waals surface area contributed by atoms with Crippen molar-refractivity contribution in [3.8, 4) is 0 Å². The fourth-order valence-electron chi connectivity index (χ4n) is 6.00. The van der Waals surface area contributed by atoms with Gasteiger partial charge in [-0.05, 0) is 91.5 Å². The van der Waals surface area contributed by atoms with Crippen LogP contribution in [-0.4, -0.2) is 142 Å². The molecule has 1 fully saturated rings. The fourth-order valence-corrected chi connectivity index (χ4v) is 6.00. The predicted molar refractivity (Wildman–Crippen MR) is 213 cm³/mol. The summed E-state index contributed by atoms with van der Waals surface area (Å²) in [6.07, 6.45) is 1.09. The summed E-state index contributed by atoms with van der Waals surface area (Å²) in [6, 6.07) is -9.38. The molecule has 0 aromatic heterocycles. The molecule has 9 atom stereocenters. The van der Waals surface area contributed by atoms with Crippen molar-refractivity contribution in [3.05, 3.63) is 0 Å². The molecule has 16 N–H and O–H groups in total. The highest BCUT2D eigenvalue weighted by atomic mass is 16.4. The number of carbonyl (C=O) groups is 8. The smallest absolute Gasteiger partial charge is 0.325 e. The molecule has 1 aliphatic rings. The lowest BCUT2D eigenvalue weighted by Gasteiger charge is -2.30. The maximum absolute atomic E-state index is 13.8. The number of aliphatic hydroxyl groups is 1. The van der Waals surface area contributed by atoms with E-state index in [1.54, 1.807) is 13.8 Å². The van der Waals surface area contributed by atoms with Gasteiger partial charge in [0.2, 0.25) is 41.4 Å². The first-order valence-electron chi connectivity index (χ1n) is 19.7. The zero-order valence-corrected chi connectivity index (χ0v) is 34.4. The molecular formula is C36H66N12O10. The van der Waals surface area contributed by atoms with E-state index in [1.807, 2.05) is 0 Å². The van der Waals surface area contributed by atoms with Gasteiger partial charge in [0.1, 0.15) is 42.3 Å². The topological polar surface area (TPSA) is 369 Å². The number of aliphatic imine (C=N–C) groups is 1. The Kier molecular flexibility index (Phi) is 22.2. The van der Waals surface area contributed by atoms with Crippen molar-refractivity contribution >= 4 is 53.3 Å². The molecule has 1 heterocycles. The van der Waals surface area contributed by atoms with Gasteiger partial charge < -0.3 is 69.9 Å². The second-order valence-electron chi connectivity index (χ2n) is 15.1. The van der Waals surface area contributed by atoms with Crippen LogP contribution in [0.1, 0.15) is 92.9 Å². The second kappa shape index (κ2) is 25.3. The molecule has 0 aliphatic carbocycles. The first-order chi connectivity index (χ1) is 27.1. The van der Waals surface area contributed by atoms with E-state index in [0.717, 1.165) is 0 Å². The maximum atomic E-state index is 13.8. The highest BCUT2D eigenvalue weighted by Crippen LogP contribution is 2.21. The van der Waals surface area contributed by atoms with E-state index in [4.69, 9.17) is 28.0 Å². The van der Waals surface area contributed by atoms with Crippen molar-refractivity contribution in [1.82, 2.24) is 36.8 Å². The largest absolute Gasteiger partial charge is 0.480 e. The Hall–Kier alpha value is -5.09. The number of nitrogens with one attached hydrogen (secondary N) is 6. The lowest BCUT2D eigenvalue weighted by atomic mass is 10.0. The van der Waals surface area contributed by atoms with E-state index in [9.17, 15) is 43.5 Å². The van der Waals surface area contributed by atoms with Gasteiger partial charge in [0.25, 0.3) is 0 Å². The number of carboxylic acid groups (broad SMARTS) is 1. The third-order valence-electron chi connectivity index (χ3n) is 9.28. The number of guanidine groups is 1. The number of nitrogens with zero attached hydrogens (tertiary/aromatic N) is 2. The Morgan fingerprint density at radius 3 is 1.86 bits per heavy atom. The quantitative estimate of drug-likeness (QED) is 0.0237. The molecule has 0 spiro atoms. The number of amides is 7. The Morgan fingerprint density at radius 1 is 0.724 bits per heavy atom. The number of unbranched alkanes of at least 4 members (excludes halogenated alkanes) is 1. The van der Waals surface area contributed by atoms with Gasteiger partial charge in [-0.1, -0.05) is 13.8 Å². The van der Waals surface area contributed by atoms with Crippen molar-refractivity contribution in [1.29, 1.82) is 0 Å². The number of aliphatic carboxylic acids is 1. The minimum Gasteiger partial charge on any atom is -0.480 e. The third-order valence-corrected chi connectivity index (χ3v) is 9.28.